The smallest absolute Gasteiger partial charge is 0.227 e. The maximum absolute atomic E-state index is 6.57. The van der Waals surface area contributed by atoms with Gasteiger partial charge >= 0.3 is 0 Å². The largest absolute Gasteiger partial charge is 0.437 e. The van der Waals surface area contributed by atoms with Gasteiger partial charge in [0.2, 0.25) is 11.4 Å². The van der Waals surface area contributed by atoms with Gasteiger partial charge in [-0.25, -0.2) is 4.98 Å². The second-order valence-electron chi connectivity index (χ2n) is 11.8. The molecule has 0 saturated carbocycles. The summed E-state index contributed by atoms with van der Waals surface area (Å²) in [5, 5.41) is 2.14. The summed E-state index contributed by atoms with van der Waals surface area (Å²) >= 11 is 0. The third-order valence-electron chi connectivity index (χ3n) is 8.83. The molecule has 1 atom stereocenters. The summed E-state index contributed by atoms with van der Waals surface area (Å²) in [4.78, 5) is 9.57. The van der Waals surface area contributed by atoms with Crippen LogP contribution in [-0.2, 0) is 5.54 Å². The Kier molecular flexibility index (Phi) is 6.53. The summed E-state index contributed by atoms with van der Waals surface area (Å²) in [5.41, 5.74) is 13.9. The Morgan fingerprint density at radius 3 is 2.27 bits per heavy atom. The number of hydrogen-bond acceptors (Lipinski definition) is 3. The van der Waals surface area contributed by atoms with Crippen molar-refractivity contribution >= 4 is 22.1 Å². The van der Waals surface area contributed by atoms with Crippen molar-refractivity contribution in [3.63, 3.8) is 0 Å². The quantitative estimate of drug-likeness (QED) is 0.205. The van der Waals surface area contributed by atoms with E-state index in [9.17, 15) is 0 Å². The minimum atomic E-state index is -0.364. The van der Waals surface area contributed by atoms with Crippen molar-refractivity contribution in [2.75, 3.05) is 0 Å². The van der Waals surface area contributed by atoms with Crippen LogP contribution in [0.4, 0.5) is 0 Å². The van der Waals surface area contributed by atoms with Gasteiger partial charge in [-0.2, -0.15) is 4.57 Å². The monoisotopic (exact) mass is 540 g/mol. The Balaban J connectivity index is 1.68. The molecule has 4 heteroatoms. The van der Waals surface area contributed by atoms with Gasteiger partial charge in [0.25, 0.3) is 0 Å². The molecule has 0 saturated heterocycles. The molecule has 0 aliphatic rings. The molecule has 0 fully saturated rings. The predicted molar refractivity (Wildman–Crippen MR) is 168 cm³/mol. The van der Waals surface area contributed by atoms with Crippen LogP contribution < -0.4 is 4.57 Å². The fourth-order valence-corrected chi connectivity index (χ4v) is 6.03. The standard InChI is InChI=1S/C37H38N3O/c1-9-37(8,31-18-22(2)10-14-30(31)32-17-11-23(3)20-38-32)40-21-26(6)25(5)19-33(40)34-24(4)12-15-28-29-16-13-27(7)39-36(29)41-35(28)34/h10-21H,9H2,1-8H3/q+1. The molecule has 206 valence electrons. The maximum Gasteiger partial charge on any atom is 0.227 e. The van der Waals surface area contributed by atoms with Gasteiger partial charge < -0.3 is 4.42 Å². The van der Waals surface area contributed by atoms with Crippen LogP contribution in [0, 0.1) is 41.5 Å². The van der Waals surface area contributed by atoms with Crippen LogP contribution in [0.1, 0.15) is 59.3 Å². The van der Waals surface area contributed by atoms with E-state index in [1.54, 1.807) is 0 Å². The molecule has 0 aliphatic carbocycles. The highest BCUT2D eigenvalue weighted by atomic mass is 16.3. The number of pyridine rings is 3. The molecule has 1 unspecified atom stereocenters. The van der Waals surface area contributed by atoms with E-state index in [0.717, 1.165) is 56.5 Å². The lowest BCUT2D eigenvalue weighted by Crippen LogP contribution is -2.56. The summed E-state index contributed by atoms with van der Waals surface area (Å²) in [6.45, 7) is 17.5. The Morgan fingerprint density at radius 2 is 1.54 bits per heavy atom. The molecule has 0 bridgehead atoms. The molecule has 4 heterocycles. The molecule has 4 aromatic heterocycles. The first-order chi connectivity index (χ1) is 19.6. The molecule has 0 N–H and O–H groups in total. The van der Waals surface area contributed by atoms with Crippen molar-refractivity contribution in [3.05, 3.63) is 112 Å². The van der Waals surface area contributed by atoms with E-state index in [2.05, 4.69) is 120 Å². The van der Waals surface area contributed by atoms with Gasteiger partial charge in [0, 0.05) is 58.8 Å². The average Bonchev–Trinajstić information content (AvgIpc) is 3.31. The molecule has 6 rings (SSSR count). The number of furan rings is 1. The van der Waals surface area contributed by atoms with Crippen LogP contribution in [0.25, 0.3) is 44.6 Å². The van der Waals surface area contributed by atoms with E-state index < -0.39 is 0 Å². The summed E-state index contributed by atoms with van der Waals surface area (Å²) in [6.07, 6.45) is 5.18. The highest BCUT2D eigenvalue weighted by Gasteiger charge is 2.41. The SMILES string of the molecule is CCC(C)(c1cc(C)ccc1-c1ccc(C)cn1)[n+]1cc(C)c(C)cc1-c1c(C)ccc2c1oc1nc(C)ccc12. The average molecular weight is 541 g/mol. The molecular weight excluding hydrogens is 502 g/mol. The molecule has 2 aromatic carbocycles. The topological polar surface area (TPSA) is 42.8 Å². The van der Waals surface area contributed by atoms with E-state index in [4.69, 9.17) is 14.4 Å². The highest BCUT2D eigenvalue weighted by molar-refractivity contribution is 6.08. The zero-order chi connectivity index (χ0) is 29.1. The fraction of sp³-hybridized carbons (Fsp3) is 0.270. The van der Waals surface area contributed by atoms with Crippen molar-refractivity contribution in [2.24, 2.45) is 0 Å². The number of aryl methyl sites for hydroxylation is 6. The molecular formula is C37H38N3O+. The van der Waals surface area contributed by atoms with Crippen LogP contribution in [0.15, 0.2) is 77.5 Å². The Morgan fingerprint density at radius 1 is 0.780 bits per heavy atom. The van der Waals surface area contributed by atoms with Crippen molar-refractivity contribution in [3.8, 4) is 22.5 Å². The summed E-state index contributed by atoms with van der Waals surface area (Å²) < 4.78 is 9.05. The predicted octanol–water partition coefficient (Wildman–Crippen LogP) is 9.02. The van der Waals surface area contributed by atoms with E-state index in [1.807, 2.05) is 13.1 Å². The lowest BCUT2D eigenvalue weighted by atomic mass is 9.82. The van der Waals surface area contributed by atoms with Crippen molar-refractivity contribution in [1.29, 1.82) is 0 Å². The van der Waals surface area contributed by atoms with Gasteiger partial charge in [-0.3, -0.25) is 4.98 Å². The van der Waals surface area contributed by atoms with E-state index in [0.29, 0.717) is 5.71 Å². The van der Waals surface area contributed by atoms with Gasteiger partial charge in [0.15, 0.2) is 17.3 Å². The summed E-state index contributed by atoms with van der Waals surface area (Å²) in [6, 6.07) is 21.9. The second-order valence-corrected chi connectivity index (χ2v) is 11.8. The van der Waals surface area contributed by atoms with Crippen molar-refractivity contribution in [1.82, 2.24) is 9.97 Å². The molecule has 41 heavy (non-hydrogen) atoms. The van der Waals surface area contributed by atoms with Gasteiger partial charge in [-0.05, 0) is 82.5 Å². The van der Waals surface area contributed by atoms with Gasteiger partial charge in [-0.1, -0.05) is 42.8 Å². The van der Waals surface area contributed by atoms with Gasteiger partial charge in [0.1, 0.15) is 0 Å². The third kappa shape index (κ3) is 4.42. The second kappa shape index (κ2) is 9.95. The number of fused-ring (bicyclic) bond motifs is 3. The van der Waals surface area contributed by atoms with Crippen LogP contribution >= 0.6 is 0 Å². The van der Waals surface area contributed by atoms with Crippen molar-refractivity contribution in [2.45, 2.75) is 67.3 Å². The Hall–Kier alpha value is -4.31. The van der Waals surface area contributed by atoms with Crippen LogP contribution in [0.5, 0.6) is 0 Å². The number of nitrogens with zero attached hydrogens (tertiary/aromatic N) is 3. The number of hydrogen-bond donors (Lipinski definition) is 0. The molecule has 0 amide bonds. The molecule has 0 aliphatic heterocycles. The summed E-state index contributed by atoms with van der Waals surface area (Å²) in [5.74, 6) is 0. The Labute approximate surface area is 242 Å². The van der Waals surface area contributed by atoms with E-state index in [-0.39, 0.29) is 5.54 Å². The first-order valence-electron chi connectivity index (χ1n) is 14.5. The maximum atomic E-state index is 6.57. The normalized spacial score (nSPS) is 13.2. The highest BCUT2D eigenvalue weighted by Crippen LogP contribution is 2.40. The van der Waals surface area contributed by atoms with Gasteiger partial charge in [0.05, 0.1) is 11.3 Å². The molecule has 4 nitrogen and oxygen atoms in total. The third-order valence-corrected chi connectivity index (χ3v) is 8.83. The molecule has 0 spiro atoms. The van der Waals surface area contributed by atoms with E-state index in [1.165, 1.54) is 27.8 Å². The minimum absolute atomic E-state index is 0.364. The van der Waals surface area contributed by atoms with Crippen LogP contribution in [0.2, 0.25) is 0 Å². The Bertz CT molecular complexity index is 1950. The summed E-state index contributed by atoms with van der Waals surface area (Å²) in [7, 11) is 0. The number of benzene rings is 2. The van der Waals surface area contributed by atoms with Crippen LogP contribution in [-0.4, -0.2) is 9.97 Å². The fourth-order valence-electron chi connectivity index (χ4n) is 6.03. The van der Waals surface area contributed by atoms with Crippen LogP contribution in [0.3, 0.4) is 0 Å². The minimum Gasteiger partial charge on any atom is -0.437 e. The zero-order valence-corrected chi connectivity index (χ0v) is 25.4. The zero-order valence-electron chi connectivity index (χ0n) is 25.4. The van der Waals surface area contributed by atoms with Gasteiger partial charge in [-0.15, -0.1) is 0 Å². The van der Waals surface area contributed by atoms with E-state index >= 15 is 0 Å². The first-order valence-corrected chi connectivity index (χ1v) is 14.5. The lowest BCUT2D eigenvalue weighted by Gasteiger charge is -2.29. The molecule has 0 radical (unpaired) electrons. The first kappa shape index (κ1) is 26.9. The molecule has 6 aromatic rings. The number of aromatic nitrogens is 3. The number of rotatable bonds is 5. The lowest BCUT2D eigenvalue weighted by molar-refractivity contribution is -0.741. The van der Waals surface area contributed by atoms with Crippen molar-refractivity contribution < 1.29 is 8.98 Å².